The quantitative estimate of drug-likeness (QED) is 0.666. The highest BCUT2D eigenvalue weighted by molar-refractivity contribution is 5.40. The van der Waals surface area contributed by atoms with Crippen LogP contribution in [0.2, 0.25) is 0 Å². The van der Waals surface area contributed by atoms with Gasteiger partial charge in [0.1, 0.15) is 0 Å². The van der Waals surface area contributed by atoms with E-state index in [9.17, 15) is 0 Å². The zero-order chi connectivity index (χ0) is 10.7. The van der Waals surface area contributed by atoms with E-state index in [0.717, 1.165) is 0 Å². The first kappa shape index (κ1) is 10.2. The molecule has 1 aromatic rings. The third-order valence-electron chi connectivity index (χ3n) is 3.21. The second kappa shape index (κ2) is 4.06. The third-order valence-corrected chi connectivity index (χ3v) is 3.21. The summed E-state index contributed by atoms with van der Waals surface area (Å²) >= 11 is 0. The van der Waals surface area contributed by atoms with Gasteiger partial charge in [-0.3, -0.25) is 0 Å². The van der Waals surface area contributed by atoms with E-state index in [1.807, 2.05) is 0 Å². The molecule has 0 heteroatoms. The Bertz CT molecular complexity index is 380. The fourth-order valence-electron chi connectivity index (χ4n) is 2.10. The second-order valence-corrected chi connectivity index (χ2v) is 4.63. The van der Waals surface area contributed by atoms with Gasteiger partial charge in [-0.05, 0) is 24.0 Å². The van der Waals surface area contributed by atoms with Gasteiger partial charge in [-0.1, -0.05) is 62.4 Å². The third kappa shape index (κ3) is 2.04. The van der Waals surface area contributed by atoms with Crippen LogP contribution in [0, 0.1) is 0 Å². The Morgan fingerprint density at radius 2 is 1.73 bits per heavy atom. The summed E-state index contributed by atoms with van der Waals surface area (Å²) in [6, 6.07) is 10.7. The molecule has 1 aliphatic rings. The van der Waals surface area contributed by atoms with E-state index in [0.29, 0.717) is 0 Å². The van der Waals surface area contributed by atoms with Gasteiger partial charge in [-0.2, -0.15) is 0 Å². The topological polar surface area (TPSA) is 0 Å². The van der Waals surface area contributed by atoms with Crippen LogP contribution in [0.1, 0.15) is 32.3 Å². The van der Waals surface area contributed by atoms with Gasteiger partial charge >= 0.3 is 0 Å². The van der Waals surface area contributed by atoms with Crippen molar-refractivity contribution in [2.24, 2.45) is 0 Å². The first-order chi connectivity index (χ1) is 7.21. The van der Waals surface area contributed by atoms with Crippen molar-refractivity contribution in [2.45, 2.75) is 32.1 Å². The van der Waals surface area contributed by atoms with Gasteiger partial charge in [0, 0.05) is 5.41 Å². The lowest BCUT2D eigenvalue weighted by atomic mass is 9.76. The van der Waals surface area contributed by atoms with E-state index in [1.54, 1.807) is 0 Å². The summed E-state index contributed by atoms with van der Waals surface area (Å²) in [6.07, 6.45) is 9.29. The summed E-state index contributed by atoms with van der Waals surface area (Å²) in [5.41, 5.74) is 2.97. The first-order valence-electron chi connectivity index (χ1n) is 5.64. The van der Waals surface area contributed by atoms with E-state index in [2.05, 4.69) is 62.4 Å². The monoisotopic (exact) mass is 198 g/mol. The Morgan fingerprint density at radius 3 is 2.33 bits per heavy atom. The Kier molecular flexibility index (Phi) is 2.77. The van der Waals surface area contributed by atoms with Gasteiger partial charge in [0.25, 0.3) is 0 Å². The van der Waals surface area contributed by atoms with Crippen molar-refractivity contribution in [1.29, 1.82) is 0 Å². The van der Waals surface area contributed by atoms with E-state index >= 15 is 0 Å². The highest BCUT2D eigenvalue weighted by atomic mass is 14.3. The highest BCUT2D eigenvalue weighted by Gasteiger charge is 2.23. The van der Waals surface area contributed by atoms with E-state index in [1.165, 1.54) is 24.0 Å². The van der Waals surface area contributed by atoms with Gasteiger partial charge in [0.05, 0.1) is 0 Å². The summed E-state index contributed by atoms with van der Waals surface area (Å²) in [5, 5.41) is 0. The number of hydrogen-bond donors (Lipinski definition) is 0. The van der Waals surface area contributed by atoms with Crippen molar-refractivity contribution in [3.05, 3.63) is 59.7 Å². The molecule has 0 unspecified atom stereocenters. The van der Waals surface area contributed by atoms with Crippen LogP contribution < -0.4 is 0 Å². The predicted octanol–water partition coefficient (Wildman–Crippen LogP) is 4.24. The van der Waals surface area contributed by atoms with Crippen LogP contribution >= 0.6 is 0 Å². The van der Waals surface area contributed by atoms with Crippen molar-refractivity contribution in [3.63, 3.8) is 0 Å². The zero-order valence-corrected chi connectivity index (χ0v) is 9.53. The number of rotatable bonds is 2. The average molecular weight is 198 g/mol. The lowest BCUT2D eigenvalue weighted by Gasteiger charge is -2.28. The summed E-state index contributed by atoms with van der Waals surface area (Å²) in [5.74, 6) is 0. The van der Waals surface area contributed by atoms with Crippen LogP contribution in [0.5, 0.6) is 0 Å². The van der Waals surface area contributed by atoms with Gasteiger partial charge in [-0.15, -0.1) is 0 Å². The first-order valence-corrected chi connectivity index (χ1v) is 5.64. The standard InChI is InChI=1S/C15H18/c1-15(2,13-9-5-3-6-10-13)14-11-7-4-8-12-14/h3,5-7,9-12H,4,8H2,1-2H3. The van der Waals surface area contributed by atoms with Gasteiger partial charge in [0.2, 0.25) is 0 Å². The Labute approximate surface area is 92.3 Å². The van der Waals surface area contributed by atoms with Crippen molar-refractivity contribution in [3.8, 4) is 0 Å². The minimum Gasteiger partial charge on any atom is -0.0839 e. The molecule has 0 spiro atoms. The molecule has 15 heavy (non-hydrogen) atoms. The minimum absolute atomic E-state index is 0.137. The predicted molar refractivity (Wildman–Crippen MR) is 65.9 cm³/mol. The molecule has 0 amide bonds. The lowest BCUT2D eigenvalue weighted by Crippen LogP contribution is -2.19. The molecular formula is C15H18. The summed E-state index contributed by atoms with van der Waals surface area (Å²) in [6.45, 7) is 4.59. The fourth-order valence-corrected chi connectivity index (χ4v) is 2.10. The number of hydrogen-bond acceptors (Lipinski definition) is 0. The summed E-state index contributed by atoms with van der Waals surface area (Å²) in [7, 11) is 0. The smallest absolute Gasteiger partial charge is 0.0143 e. The number of allylic oxidation sites excluding steroid dienone is 4. The summed E-state index contributed by atoms with van der Waals surface area (Å²) < 4.78 is 0. The van der Waals surface area contributed by atoms with Crippen molar-refractivity contribution < 1.29 is 0 Å². The van der Waals surface area contributed by atoms with Crippen LogP contribution in [0.3, 0.4) is 0 Å². The molecule has 0 aromatic heterocycles. The average Bonchev–Trinajstić information content (AvgIpc) is 2.31. The molecule has 0 saturated carbocycles. The van der Waals surface area contributed by atoms with Crippen molar-refractivity contribution in [1.82, 2.24) is 0 Å². The van der Waals surface area contributed by atoms with Crippen molar-refractivity contribution in [2.75, 3.05) is 0 Å². The maximum Gasteiger partial charge on any atom is 0.0143 e. The van der Waals surface area contributed by atoms with Crippen LogP contribution in [0.15, 0.2) is 54.1 Å². The molecule has 0 nitrogen and oxygen atoms in total. The fraction of sp³-hybridized carbons (Fsp3) is 0.333. The highest BCUT2D eigenvalue weighted by Crippen LogP contribution is 2.33. The Morgan fingerprint density at radius 1 is 1.00 bits per heavy atom. The molecule has 0 aliphatic heterocycles. The van der Waals surface area contributed by atoms with Crippen molar-refractivity contribution >= 4 is 0 Å². The van der Waals surface area contributed by atoms with E-state index < -0.39 is 0 Å². The second-order valence-electron chi connectivity index (χ2n) is 4.63. The molecule has 78 valence electrons. The molecule has 0 radical (unpaired) electrons. The Hall–Kier alpha value is -1.30. The maximum atomic E-state index is 2.37. The Balaban J connectivity index is 2.34. The van der Waals surface area contributed by atoms with Gasteiger partial charge in [0.15, 0.2) is 0 Å². The van der Waals surface area contributed by atoms with E-state index in [4.69, 9.17) is 0 Å². The normalized spacial score (nSPS) is 16.3. The van der Waals surface area contributed by atoms with Crippen LogP contribution in [-0.2, 0) is 5.41 Å². The van der Waals surface area contributed by atoms with Crippen LogP contribution in [0.25, 0.3) is 0 Å². The SMILES string of the molecule is CC(C)(C1=CCCC=C1)c1ccccc1. The lowest BCUT2D eigenvalue weighted by molar-refractivity contribution is 0.631. The maximum absolute atomic E-state index is 2.37. The number of benzene rings is 1. The molecule has 0 N–H and O–H groups in total. The zero-order valence-electron chi connectivity index (χ0n) is 9.53. The van der Waals surface area contributed by atoms with E-state index in [-0.39, 0.29) is 5.41 Å². The summed E-state index contributed by atoms with van der Waals surface area (Å²) in [4.78, 5) is 0. The molecule has 0 atom stereocenters. The minimum atomic E-state index is 0.137. The van der Waals surface area contributed by atoms with Crippen LogP contribution in [-0.4, -0.2) is 0 Å². The molecule has 0 saturated heterocycles. The van der Waals surface area contributed by atoms with Gasteiger partial charge in [-0.25, -0.2) is 0 Å². The van der Waals surface area contributed by atoms with Crippen LogP contribution in [0.4, 0.5) is 0 Å². The van der Waals surface area contributed by atoms with Gasteiger partial charge < -0.3 is 0 Å². The molecule has 1 aliphatic carbocycles. The largest absolute Gasteiger partial charge is 0.0839 e. The molecule has 0 bridgehead atoms. The molecule has 0 fully saturated rings. The molecular weight excluding hydrogens is 180 g/mol. The molecule has 0 heterocycles. The molecule has 2 rings (SSSR count). The molecule has 1 aromatic carbocycles.